The second kappa shape index (κ2) is 3.46. The van der Waals surface area contributed by atoms with Crippen molar-refractivity contribution in [1.82, 2.24) is 10.2 Å². The molecule has 1 fully saturated rings. The first-order valence-electron chi connectivity index (χ1n) is 4.78. The van der Waals surface area contributed by atoms with E-state index in [1.807, 2.05) is 6.92 Å². The molecule has 0 bridgehead atoms. The third-order valence-electron chi connectivity index (χ3n) is 2.61. The first-order valence-corrected chi connectivity index (χ1v) is 4.78. The van der Waals surface area contributed by atoms with Crippen molar-refractivity contribution < 1.29 is 4.42 Å². The molecule has 2 N–H and O–H groups in total. The average Bonchev–Trinajstić information content (AvgIpc) is 2.62. The molecule has 0 aromatic carbocycles. The van der Waals surface area contributed by atoms with Crippen molar-refractivity contribution in [2.24, 2.45) is 11.7 Å². The largest absolute Gasteiger partial charge is 0.426 e. The van der Waals surface area contributed by atoms with Crippen molar-refractivity contribution in [3.63, 3.8) is 0 Å². The molecule has 2 atom stereocenters. The van der Waals surface area contributed by atoms with Crippen LogP contribution in [0.5, 0.6) is 0 Å². The molecule has 2 rings (SSSR count). The van der Waals surface area contributed by atoms with Crippen LogP contribution >= 0.6 is 0 Å². The highest BCUT2D eigenvalue weighted by Crippen LogP contribution is 2.26. The highest BCUT2D eigenvalue weighted by atomic mass is 16.4. The molecule has 0 saturated heterocycles. The number of aromatic nitrogens is 2. The molecule has 1 aliphatic carbocycles. The fourth-order valence-electron chi connectivity index (χ4n) is 1.97. The molecule has 0 spiro atoms. The summed E-state index contributed by atoms with van der Waals surface area (Å²) in [6, 6.07) is 0.383. The van der Waals surface area contributed by atoms with Gasteiger partial charge < -0.3 is 10.2 Å². The van der Waals surface area contributed by atoms with Gasteiger partial charge in [-0.1, -0.05) is 0 Å². The van der Waals surface area contributed by atoms with E-state index in [-0.39, 0.29) is 0 Å². The second-order valence-electron chi connectivity index (χ2n) is 3.86. The first kappa shape index (κ1) is 8.69. The van der Waals surface area contributed by atoms with Crippen LogP contribution in [0.3, 0.4) is 0 Å². The maximum atomic E-state index is 5.82. The van der Waals surface area contributed by atoms with Crippen LogP contribution in [-0.2, 0) is 6.42 Å². The van der Waals surface area contributed by atoms with E-state index in [1.165, 1.54) is 6.42 Å². The Labute approximate surface area is 77.5 Å². The van der Waals surface area contributed by atoms with E-state index in [4.69, 9.17) is 10.2 Å². The van der Waals surface area contributed by atoms with Gasteiger partial charge in [0.05, 0.1) is 0 Å². The minimum absolute atomic E-state index is 0.383. The van der Waals surface area contributed by atoms with Gasteiger partial charge in [-0.3, -0.25) is 0 Å². The molecule has 0 aliphatic heterocycles. The number of hydrogen-bond acceptors (Lipinski definition) is 4. The smallest absolute Gasteiger partial charge is 0.216 e. The van der Waals surface area contributed by atoms with E-state index >= 15 is 0 Å². The Balaban J connectivity index is 1.91. The molecular weight excluding hydrogens is 166 g/mol. The molecule has 1 saturated carbocycles. The number of hydrogen-bond donors (Lipinski definition) is 1. The third-order valence-corrected chi connectivity index (χ3v) is 2.61. The van der Waals surface area contributed by atoms with Crippen molar-refractivity contribution in [3.8, 4) is 0 Å². The van der Waals surface area contributed by atoms with Crippen molar-refractivity contribution in [1.29, 1.82) is 0 Å². The summed E-state index contributed by atoms with van der Waals surface area (Å²) in [4.78, 5) is 0. The van der Waals surface area contributed by atoms with Crippen LogP contribution in [0.1, 0.15) is 31.0 Å². The van der Waals surface area contributed by atoms with Crippen LogP contribution in [0.4, 0.5) is 0 Å². The van der Waals surface area contributed by atoms with Gasteiger partial charge in [0.2, 0.25) is 11.8 Å². The molecule has 4 heteroatoms. The summed E-state index contributed by atoms with van der Waals surface area (Å²) < 4.78 is 5.32. The molecule has 13 heavy (non-hydrogen) atoms. The molecule has 0 unspecified atom stereocenters. The number of nitrogens with zero attached hydrogens (tertiary/aromatic N) is 2. The summed E-state index contributed by atoms with van der Waals surface area (Å²) in [6.45, 7) is 1.82. The normalized spacial score (nSPS) is 28.2. The van der Waals surface area contributed by atoms with E-state index in [9.17, 15) is 0 Å². The lowest BCUT2D eigenvalue weighted by Crippen LogP contribution is -2.15. The second-order valence-corrected chi connectivity index (χ2v) is 3.86. The van der Waals surface area contributed by atoms with E-state index in [0.29, 0.717) is 17.9 Å². The summed E-state index contributed by atoms with van der Waals surface area (Å²) in [7, 11) is 0. The van der Waals surface area contributed by atoms with E-state index < -0.39 is 0 Å². The van der Waals surface area contributed by atoms with E-state index in [0.717, 1.165) is 25.2 Å². The maximum absolute atomic E-state index is 5.82. The third kappa shape index (κ3) is 2.06. The Bertz CT molecular complexity index is 284. The minimum Gasteiger partial charge on any atom is -0.426 e. The first-order chi connectivity index (χ1) is 6.24. The monoisotopic (exact) mass is 181 g/mol. The lowest BCUT2D eigenvalue weighted by molar-refractivity contribution is 0.415. The molecule has 1 heterocycles. The lowest BCUT2D eigenvalue weighted by atomic mass is 10.0. The van der Waals surface area contributed by atoms with Gasteiger partial charge in [-0.05, 0) is 25.2 Å². The maximum Gasteiger partial charge on any atom is 0.216 e. The lowest BCUT2D eigenvalue weighted by Gasteiger charge is -2.04. The van der Waals surface area contributed by atoms with Crippen LogP contribution in [0.2, 0.25) is 0 Å². The van der Waals surface area contributed by atoms with Gasteiger partial charge in [-0.25, -0.2) is 0 Å². The van der Waals surface area contributed by atoms with Crippen LogP contribution in [0, 0.1) is 12.8 Å². The predicted octanol–water partition coefficient (Wildman–Crippen LogP) is 1.05. The van der Waals surface area contributed by atoms with Gasteiger partial charge in [-0.15, -0.1) is 10.2 Å². The van der Waals surface area contributed by atoms with Gasteiger partial charge in [0.1, 0.15) is 0 Å². The zero-order valence-electron chi connectivity index (χ0n) is 7.86. The van der Waals surface area contributed by atoms with E-state index in [2.05, 4.69) is 10.2 Å². The van der Waals surface area contributed by atoms with Gasteiger partial charge in [0.15, 0.2) is 0 Å². The Morgan fingerprint density at radius 2 is 2.31 bits per heavy atom. The molecule has 1 aromatic rings. The van der Waals surface area contributed by atoms with Crippen LogP contribution in [0.25, 0.3) is 0 Å². The summed E-state index contributed by atoms with van der Waals surface area (Å²) in [6.07, 6.45) is 4.33. The molecule has 1 aromatic heterocycles. The van der Waals surface area contributed by atoms with Crippen LogP contribution < -0.4 is 5.73 Å². The zero-order chi connectivity index (χ0) is 9.26. The fourth-order valence-corrected chi connectivity index (χ4v) is 1.97. The Kier molecular flexibility index (Phi) is 2.31. The number of nitrogens with two attached hydrogens (primary N) is 1. The standard InChI is InChI=1S/C9H15N3O/c1-6-11-12-9(13-6)5-7-2-3-8(10)4-7/h7-8H,2-5,10H2,1H3/t7-,8+/m1/s1. The molecule has 0 amide bonds. The summed E-state index contributed by atoms with van der Waals surface area (Å²) >= 11 is 0. The predicted molar refractivity (Wildman–Crippen MR) is 48.1 cm³/mol. The van der Waals surface area contributed by atoms with Crippen molar-refractivity contribution in [3.05, 3.63) is 11.8 Å². The molecular formula is C9H15N3O. The molecule has 4 nitrogen and oxygen atoms in total. The fraction of sp³-hybridized carbons (Fsp3) is 0.778. The van der Waals surface area contributed by atoms with Gasteiger partial charge in [0.25, 0.3) is 0 Å². The highest BCUT2D eigenvalue weighted by Gasteiger charge is 2.23. The Morgan fingerprint density at radius 1 is 1.46 bits per heavy atom. The summed E-state index contributed by atoms with van der Waals surface area (Å²) in [5, 5.41) is 7.78. The zero-order valence-corrected chi connectivity index (χ0v) is 7.86. The van der Waals surface area contributed by atoms with Crippen molar-refractivity contribution in [2.45, 2.75) is 38.6 Å². The molecule has 72 valence electrons. The minimum atomic E-state index is 0.383. The van der Waals surface area contributed by atoms with Crippen LogP contribution in [-0.4, -0.2) is 16.2 Å². The number of rotatable bonds is 2. The van der Waals surface area contributed by atoms with Crippen LogP contribution in [0.15, 0.2) is 4.42 Å². The number of aryl methyl sites for hydroxylation is 1. The summed E-state index contributed by atoms with van der Waals surface area (Å²) in [5.41, 5.74) is 5.82. The van der Waals surface area contributed by atoms with Crippen molar-refractivity contribution in [2.75, 3.05) is 0 Å². The topological polar surface area (TPSA) is 64.9 Å². The quantitative estimate of drug-likeness (QED) is 0.740. The summed E-state index contributed by atoms with van der Waals surface area (Å²) in [5.74, 6) is 2.06. The van der Waals surface area contributed by atoms with Crippen molar-refractivity contribution >= 4 is 0 Å². The Hall–Kier alpha value is -0.900. The highest BCUT2D eigenvalue weighted by molar-refractivity contribution is 4.87. The van der Waals surface area contributed by atoms with E-state index in [1.54, 1.807) is 0 Å². The molecule has 1 aliphatic rings. The Morgan fingerprint density at radius 3 is 2.85 bits per heavy atom. The average molecular weight is 181 g/mol. The van der Waals surface area contributed by atoms with Gasteiger partial charge >= 0.3 is 0 Å². The van der Waals surface area contributed by atoms with Gasteiger partial charge in [-0.2, -0.15) is 0 Å². The van der Waals surface area contributed by atoms with Gasteiger partial charge in [0, 0.05) is 19.4 Å². The SMILES string of the molecule is Cc1nnc(C[C@@H]2CC[C@H](N)C2)o1. The molecule has 0 radical (unpaired) electrons.